The maximum atomic E-state index is 12.4. The van der Waals surface area contributed by atoms with E-state index in [9.17, 15) is 4.79 Å². The van der Waals surface area contributed by atoms with Crippen molar-refractivity contribution in [1.29, 1.82) is 0 Å². The van der Waals surface area contributed by atoms with Crippen molar-refractivity contribution in [2.75, 3.05) is 11.9 Å². The van der Waals surface area contributed by atoms with Crippen LogP contribution in [-0.4, -0.2) is 48.3 Å². The SMILES string of the molecule is O=C1NCCCC[C@H]1Nc1nc2ccccc2c2nc(-c3cn[nH]c3)nn12. The van der Waals surface area contributed by atoms with Crippen LogP contribution in [0.15, 0.2) is 36.7 Å². The monoisotopic (exact) mass is 362 g/mol. The summed E-state index contributed by atoms with van der Waals surface area (Å²) in [4.78, 5) is 21.7. The molecule has 1 saturated heterocycles. The number of nitrogens with zero attached hydrogens (tertiary/aromatic N) is 5. The van der Waals surface area contributed by atoms with E-state index in [1.165, 1.54) is 0 Å². The molecule has 0 spiro atoms. The van der Waals surface area contributed by atoms with Crippen LogP contribution in [0.1, 0.15) is 19.3 Å². The Morgan fingerprint density at radius 1 is 1.19 bits per heavy atom. The zero-order chi connectivity index (χ0) is 18.2. The van der Waals surface area contributed by atoms with Gasteiger partial charge in [0.25, 0.3) is 0 Å². The number of para-hydroxylation sites is 1. The average molecular weight is 362 g/mol. The highest BCUT2D eigenvalue weighted by Gasteiger charge is 2.23. The molecule has 0 aliphatic carbocycles. The number of benzene rings is 1. The number of carbonyl (C=O) groups excluding carboxylic acids is 1. The third-order valence-electron chi connectivity index (χ3n) is 4.77. The van der Waals surface area contributed by atoms with Crippen LogP contribution in [0.25, 0.3) is 27.9 Å². The number of hydrogen-bond donors (Lipinski definition) is 3. The van der Waals surface area contributed by atoms with Crippen LogP contribution in [0.3, 0.4) is 0 Å². The van der Waals surface area contributed by atoms with Gasteiger partial charge in [-0.05, 0) is 31.4 Å². The molecule has 4 heterocycles. The van der Waals surface area contributed by atoms with Gasteiger partial charge in [-0.15, -0.1) is 5.10 Å². The van der Waals surface area contributed by atoms with Crippen LogP contribution in [0.4, 0.5) is 5.95 Å². The van der Waals surface area contributed by atoms with Crippen LogP contribution in [0, 0.1) is 0 Å². The molecule has 3 aromatic heterocycles. The topological polar surface area (TPSA) is 113 Å². The fourth-order valence-corrected chi connectivity index (χ4v) is 3.38. The second-order valence-corrected chi connectivity index (χ2v) is 6.59. The van der Waals surface area contributed by atoms with Crippen molar-refractivity contribution in [3.63, 3.8) is 0 Å². The van der Waals surface area contributed by atoms with Crippen molar-refractivity contribution in [3.8, 4) is 11.4 Å². The quantitative estimate of drug-likeness (QED) is 0.512. The molecule has 1 atom stereocenters. The number of carbonyl (C=O) groups is 1. The van der Waals surface area contributed by atoms with E-state index < -0.39 is 0 Å². The van der Waals surface area contributed by atoms with Crippen molar-refractivity contribution < 1.29 is 4.79 Å². The normalized spacial score (nSPS) is 17.8. The summed E-state index contributed by atoms with van der Waals surface area (Å²) in [6, 6.07) is 7.43. The maximum absolute atomic E-state index is 12.4. The molecule has 27 heavy (non-hydrogen) atoms. The van der Waals surface area contributed by atoms with Crippen molar-refractivity contribution in [2.45, 2.75) is 25.3 Å². The molecular weight excluding hydrogens is 344 g/mol. The fourth-order valence-electron chi connectivity index (χ4n) is 3.38. The van der Waals surface area contributed by atoms with Gasteiger partial charge in [-0.25, -0.2) is 9.97 Å². The number of aromatic amines is 1. The first-order valence-corrected chi connectivity index (χ1v) is 8.98. The first kappa shape index (κ1) is 15.7. The van der Waals surface area contributed by atoms with Crippen LogP contribution >= 0.6 is 0 Å². The minimum Gasteiger partial charge on any atom is -0.354 e. The highest BCUT2D eigenvalue weighted by Crippen LogP contribution is 2.24. The summed E-state index contributed by atoms with van der Waals surface area (Å²) in [5, 5.41) is 18.5. The number of aromatic nitrogens is 6. The lowest BCUT2D eigenvalue weighted by molar-refractivity contribution is -0.121. The average Bonchev–Trinajstić information content (AvgIpc) is 3.32. The van der Waals surface area contributed by atoms with Crippen molar-refractivity contribution in [2.24, 2.45) is 0 Å². The molecule has 1 amide bonds. The first-order valence-electron chi connectivity index (χ1n) is 8.98. The van der Waals surface area contributed by atoms with Gasteiger partial charge in [0.1, 0.15) is 6.04 Å². The molecule has 136 valence electrons. The van der Waals surface area contributed by atoms with Crippen molar-refractivity contribution in [3.05, 3.63) is 36.7 Å². The van der Waals surface area contributed by atoms with Crippen molar-refractivity contribution in [1.82, 2.24) is 35.1 Å². The van der Waals surface area contributed by atoms with E-state index in [-0.39, 0.29) is 11.9 Å². The Balaban J connectivity index is 1.66. The molecule has 0 radical (unpaired) electrons. The molecule has 0 bridgehead atoms. The molecule has 0 unspecified atom stereocenters. The minimum atomic E-state index is -0.342. The molecule has 4 aromatic rings. The largest absolute Gasteiger partial charge is 0.354 e. The lowest BCUT2D eigenvalue weighted by Gasteiger charge is -2.16. The van der Waals surface area contributed by atoms with Crippen LogP contribution in [0.5, 0.6) is 0 Å². The van der Waals surface area contributed by atoms with E-state index >= 15 is 0 Å². The number of nitrogens with one attached hydrogen (secondary N) is 3. The van der Waals surface area contributed by atoms with Gasteiger partial charge < -0.3 is 10.6 Å². The van der Waals surface area contributed by atoms with Gasteiger partial charge in [-0.3, -0.25) is 9.89 Å². The Kier molecular flexibility index (Phi) is 3.70. The molecule has 5 rings (SSSR count). The van der Waals surface area contributed by atoms with E-state index in [0.717, 1.165) is 35.7 Å². The minimum absolute atomic E-state index is 0.00854. The Labute approximate surface area is 154 Å². The van der Waals surface area contributed by atoms with E-state index in [1.807, 2.05) is 24.3 Å². The van der Waals surface area contributed by atoms with Gasteiger partial charge in [0.05, 0.1) is 17.3 Å². The fraction of sp³-hybridized carbons (Fsp3) is 0.278. The van der Waals surface area contributed by atoms with E-state index in [0.29, 0.717) is 24.0 Å². The smallest absolute Gasteiger partial charge is 0.242 e. The summed E-state index contributed by atoms with van der Waals surface area (Å²) in [5.74, 6) is 1.05. The predicted molar refractivity (Wildman–Crippen MR) is 100 cm³/mol. The van der Waals surface area contributed by atoms with Gasteiger partial charge in [0, 0.05) is 18.1 Å². The Bertz CT molecular complexity index is 1120. The second-order valence-electron chi connectivity index (χ2n) is 6.59. The zero-order valence-electron chi connectivity index (χ0n) is 14.5. The Morgan fingerprint density at radius 2 is 2.11 bits per heavy atom. The maximum Gasteiger partial charge on any atom is 0.242 e. The van der Waals surface area contributed by atoms with Crippen LogP contribution < -0.4 is 10.6 Å². The third kappa shape index (κ3) is 2.77. The molecule has 1 aliphatic rings. The van der Waals surface area contributed by atoms with E-state index in [1.54, 1.807) is 16.9 Å². The standard InChI is InChI=1S/C18H18N8O/c27-17-14(7-3-4-8-19-17)23-18-22-13-6-2-1-5-12(13)16-24-15(25-26(16)18)11-9-20-21-10-11/h1-2,5-6,9-10,14H,3-4,7-8H2,(H,19,27)(H,20,21)(H,22,23)/t14-/m1/s1. The number of amides is 1. The number of fused-ring (bicyclic) bond motifs is 3. The summed E-state index contributed by atoms with van der Waals surface area (Å²) in [6.07, 6.45) is 6.14. The number of anilines is 1. The zero-order valence-corrected chi connectivity index (χ0v) is 14.5. The number of hydrogen-bond acceptors (Lipinski definition) is 6. The molecule has 1 fully saturated rings. The summed E-state index contributed by atoms with van der Waals surface area (Å²) >= 11 is 0. The molecule has 3 N–H and O–H groups in total. The molecule has 1 aliphatic heterocycles. The lowest BCUT2D eigenvalue weighted by atomic mass is 10.1. The lowest BCUT2D eigenvalue weighted by Crippen LogP contribution is -2.38. The Hall–Kier alpha value is -3.49. The number of H-pyrrole nitrogens is 1. The molecular formula is C18H18N8O. The Morgan fingerprint density at radius 3 is 3.00 bits per heavy atom. The van der Waals surface area contributed by atoms with E-state index in [4.69, 9.17) is 4.98 Å². The van der Waals surface area contributed by atoms with E-state index in [2.05, 4.69) is 30.9 Å². The second kappa shape index (κ2) is 6.35. The summed E-state index contributed by atoms with van der Waals surface area (Å²) < 4.78 is 1.67. The summed E-state index contributed by atoms with van der Waals surface area (Å²) in [5.41, 5.74) is 2.28. The predicted octanol–water partition coefficient (Wildman–Crippen LogP) is 1.75. The van der Waals surface area contributed by atoms with Gasteiger partial charge in [-0.2, -0.15) is 9.61 Å². The third-order valence-corrected chi connectivity index (χ3v) is 4.77. The molecule has 9 heteroatoms. The number of rotatable bonds is 3. The summed E-state index contributed by atoms with van der Waals surface area (Å²) in [6.45, 7) is 0.714. The van der Waals surface area contributed by atoms with Gasteiger partial charge >= 0.3 is 0 Å². The molecule has 0 saturated carbocycles. The molecule has 9 nitrogen and oxygen atoms in total. The highest BCUT2D eigenvalue weighted by molar-refractivity contribution is 5.93. The molecule has 1 aromatic carbocycles. The van der Waals surface area contributed by atoms with Crippen LogP contribution in [-0.2, 0) is 4.79 Å². The van der Waals surface area contributed by atoms with Gasteiger partial charge in [-0.1, -0.05) is 12.1 Å². The van der Waals surface area contributed by atoms with Crippen molar-refractivity contribution >= 4 is 28.4 Å². The summed E-state index contributed by atoms with van der Waals surface area (Å²) in [7, 11) is 0. The van der Waals surface area contributed by atoms with Crippen LogP contribution in [0.2, 0.25) is 0 Å². The first-order chi connectivity index (χ1) is 13.3. The highest BCUT2D eigenvalue weighted by atomic mass is 16.2. The van der Waals surface area contributed by atoms with Gasteiger partial charge in [0.15, 0.2) is 11.5 Å². The van der Waals surface area contributed by atoms with Gasteiger partial charge in [0.2, 0.25) is 11.9 Å².